The van der Waals surface area contributed by atoms with Crippen molar-refractivity contribution in [3.63, 3.8) is 0 Å². The van der Waals surface area contributed by atoms with E-state index in [1.54, 1.807) is 61.1 Å². The molecule has 2 atom stereocenters. The molecule has 5 rings (SSSR count). The van der Waals surface area contributed by atoms with Gasteiger partial charge < -0.3 is 24.1 Å². The first kappa shape index (κ1) is 25.8. The number of carbonyl (C=O) groups is 1. The van der Waals surface area contributed by atoms with Gasteiger partial charge in [-0.2, -0.15) is 0 Å². The molecule has 3 aromatic carbocycles. The second kappa shape index (κ2) is 11.2. The molecule has 0 aliphatic carbocycles. The summed E-state index contributed by atoms with van der Waals surface area (Å²) in [6.07, 6.45) is 4.88. The molecule has 1 fully saturated rings. The lowest BCUT2D eigenvalue weighted by atomic mass is 10.1. The summed E-state index contributed by atoms with van der Waals surface area (Å²) >= 11 is 16.0. The van der Waals surface area contributed by atoms with E-state index in [1.807, 2.05) is 29.0 Å². The van der Waals surface area contributed by atoms with Crippen LogP contribution in [-0.4, -0.2) is 34.8 Å². The molecule has 2 heterocycles. The summed E-state index contributed by atoms with van der Waals surface area (Å²) in [6.45, 7) is 0.939. The first-order valence-corrected chi connectivity index (χ1v) is 13.0. The van der Waals surface area contributed by atoms with Crippen molar-refractivity contribution in [2.45, 2.75) is 18.4 Å². The lowest BCUT2D eigenvalue weighted by Gasteiger charge is -2.30. The van der Waals surface area contributed by atoms with Gasteiger partial charge >= 0.3 is 0 Å². The fraction of sp³-hybridized carbons (Fsp3) is 0.185. The number of carbonyl (C=O) groups excluding carboxylic acids is 1. The number of imidazole rings is 1. The van der Waals surface area contributed by atoms with Crippen molar-refractivity contribution in [3.05, 3.63) is 111 Å². The molecule has 1 aliphatic rings. The predicted molar refractivity (Wildman–Crippen MR) is 145 cm³/mol. The molecule has 4 aromatic rings. The number of nitrogens with zero attached hydrogens (tertiary/aromatic N) is 2. The van der Waals surface area contributed by atoms with Crippen LogP contribution < -0.4 is 10.1 Å². The standard InChI is InChI=1S/C27H22BrCl2N3O4/c28-19-3-1-18(2-4-19)26(34)32-21-6-8-22(9-7-21)35-14-23-15-36-27(37-23,16-33-12-11-31-17-33)24-10-5-20(29)13-25(24)30/h1-13,17,23H,14-16H2,(H,32,34). The number of ether oxygens (including phenoxy) is 3. The molecule has 0 saturated carbocycles. The molecule has 1 aliphatic heterocycles. The van der Waals surface area contributed by atoms with E-state index in [2.05, 4.69) is 26.2 Å². The molecule has 0 bridgehead atoms. The summed E-state index contributed by atoms with van der Waals surface area (Å²) in [7, 11) is 0. The molecule has 37 heavy (non-hydrogen) atoms. The zero-order valence-electron chi connectivity index (χ0n) is 19.4. The largest absolute Gasteiger partial charge is 0.491 e. The Morgan fingerprint density at radius 3 is 2.62 bits per heavy atom. The van der Waals surface area contributed by atoms with Crippen LogP contribution in [0.5, 0.6) is 5.75 Å². The third kappa shape index (κ3) is 6.17. The molecule has 1 saturated heterocycles. The molecule has 1 amide bonds. The topological polar surface area (TPSA) is 74.6 Å². The average Bonchev–Trinajstić information content (AvgIpc) is 3.54. The predicted octanol–water partition coefficient (Wildman–Crippen LogP) is 6.55. The first-order valence-electron chi connectivity index (χ1n) is 11.4. The van der Waals surface area contributed by atoms with Gasteiger partial charge in [-0.05, 0) is 60.7 Å². The van der Waals surface area contributed by atoms with Crippen molar-refractivity contribution in [1.29, 1.82) is 0 Å². The van der Waals surface area contributed by atoms with Crippen LogP contribution in [0.15, 0.2) is 89.9 Å². The van der Waals surface area contributed by atoms with Gasteiger partial charge in [-0.3, -0.25) is 4.79 Å². The van der Waals surface area contributed by atoms with Crippen molar-refractivity contribution in [2.24, 2.45) is 0 Å². The van der Waals surface area contributed by atoms with Crippen LogP contribution in [-0.2, 0) is 21.8 Å². The fourth-order valence-electron chi connectivity index (χ4n) is 4.00. The van der Waals surface area contributed by atoms with E-state index in [9.17, 15) is 4.79 Å². The Labute approximate surface area is 232 Å². The van der Waals surface area contributed by atoms with Crippen molar-refractivity contribution in [3.8, 4) is 5.75 Å². The second-order valence-electron chi connectivity index (χ2n) is 8.46. The van der Waals surface area contributed by atoms with Crippen molar-refractivity contribution in [2.75, 3.05) is 18.5 Å². The van der Waals surface area contributed by atoms with Gasteiger partial charge in [-0.15, -0.1) is 0 Å². The van der Waals surface area contributed by atoms with Crippen LogP contribution in [0, 0.1) is 0 Å². The van der Waals surface area contributed by atoms with Gasteiger partial charge in [-0.1, -0.05) is 45.2 Å². The third-order valence-electron chi connectivity index (χ3n) is 5.81. The summed E-state index contributed by atoms with van der Waals surface area (Å²) in [5.74, 6) is -0.660. The molecule has 7 nitrogen and oxygen atoms in total. The monoisotopic (exact) mass is 601 g/mol. The molecule has 0 radical (unpaired) electrons. The lowest BCUT2D eigenvalue weighted by molar-refractivity contribution is -0.189. The molecular weight excluding hydrogens is 581 g/mol. The van der Waals surface area contributed by atoms with Gasteiger partial charge in [0.1, 0.15) is 18.5 Å². The maximum atomic E-state index is 12.4. The van der Waals surface area contributed by atoms with Crippen LogP contribution >= 0.6 is 39.1 Å². The minimum Gasteiger partial charge on any atom is -0.491 e. The van der Waals surface area contributed by atoms with Crippen molar-refractivity contribution < 1.29 is 19.0 Å². The Morgan fingerprint density at radius 1 is 1.14 bits per heavy atom. The van der Waals surface area contributed by atoms with E-state index in [-0.39, 0.29) is 18.6 Å². The summed E-state index contributed by atoms with van der Waals surface area (Å²) in [4.78, 5) is 16.5. The summed E-state index contributed by atoms with van der Waals surface area (Å²) in [6, 6.07) is 19.6. The van der Waals surface area contributed by atoms with E-state index >= 15 is 0 Å². The molecule has 2 unspecified atom stereocenters. The molecular formula is C27H22BrCl2N3O4. The summed E-state index contributed by atoms with van der Waals surface area (Å²) in [5, 5.41) is 3.86. The van der Waals surface area contributed by atoms with Gasteiger partial charge in [-0.25, -0.2) is 4.98 Å². The Morgan fingerprint density at radius 2 is 1.92 bits per heavy atom. The van der Waals surface area contributed by atoms with E-state index in [4.69, 9.17) is 37.4 Å². The Hall–Kier alpha value is -2.88. The number of halogens is 3. The van der Waals surface area contributed by atoms with Gasteiger partial charge in [0.05, 0.1) is 24.5 Å². The van der Waals surface area contributed by atoms with Crippen LogP contribution in [0.4, 0.5) is 5.69 Å². The van der Waals surface area contributed by atoms with E-state index < -0.39 is 5.79 Å². The van der Waals surface area contributed by atoms with Crippen molar-refractivity contribution in [1.82, 2.24) is 9.55 Å². The molecule has 10 heteroatoms. The highest BCUT2D eigenvalue weighted by Crippen LogP contribution is 2.40. The number of nitrogens with one attached hydrogen (secondary N) is 1. The molecule has 0 spiro atoms. The number of aromatic nitrogens is 2. The van der Waals surface area contributed by atoms with Crippen molar-refractivity contribution >= 4 is 50.7 Å². The third-order valence-corrected chi connectivity index (χ3v) is 6.88. The highest BCUT2D eigenvalue weighted by Gasteiger charge is 2.45. The fourth-order valence-corrected chi connectivity index (χ4v) is 4.82. The first-order chi connectivity index (χ1) is 17.9. The SMILES string of the molecule is O=C(Nc1ccc(OCC2COC(Cn3ccnc3)(c3ccc(Cl)cc3Cl)O2)cc1)c1ccc(Br)cc1. The number of hydrogen-bond acceptors (Lipinski definition) is 5. The minimum absolute atomic E-state index is 0.187. The van der Waals surface area contributed by atoms with Crippen LogP contribution in [0.1, 0.15) is 15.9 Å². The van der Waals surface area contributed by atoms with Gasteiger partial charge in [0.2, 0.25) is 5.79 Å². The highest BCUT2D eigenvalue weighted by molar-refractivity contribution is 9.10. The quantitative estimate of drug-likeness (QED) is 0.247. The molecule has 1 aromatic heterocycles. The van der Waals surface area contributed by atoms with E-state index in [0.717, 1.165) is 4.47 Å². The molecule has 190 valence electrons. The number of hydrogen-bond donors (Lipinski definition) is 1. The lowest BCUT2D eigenvalue weighted by Crippen LogP contribution is -2.34. The Bertz CT molecular complexity index is 1370. The average molecular weight is 603 g/mol. The van der Waals surface area contributed by atoms with E-state index in [0.29, 0.717) is 45.8 Å². The van der Waals surface area contributed by atoms with Gasteiger partial charge in [0, 0.05) is 38.7 Å². The number of rotatable bonds is 8. The number of benzene rings is 3. The summed E-state index contributed by atoms with van der Waals surface area (Å²) < 4.78 is 21.4. The Balaban J connectivity index is 1.22. The Kier molecular flexibility index (Phi) is 7.83. The smallest absolute Gasteiger partial charge is 0.255 e. The zero-order chi connectivity index (χ0) is 25.8. The highest BCUT2D eigenvalue weighted by atomic mass is 79.9. The zero-order valence-corrected chi connectivity index (χ0v) is 22.5. The van der Waals surface area contributed by atoms with Crippen LogP contribution in [0.3, 0.4) is 0 Å². The summed E-state index contributed by atoms with van der Waals surface area (Å²) in [5.41, 5.74) is 1.92. The van der Waals surface area contributed by atoms with Gasteiger partial charge in [0.15, 0.2) is 0 Å². The van der Waals surface area contributed by atoms with Gasteiger partial charge in [0.25, 0.3) is 5.91 Å². The number of amides is 1. The van der Waals surface area contributed by atoms with Crippen LogP contribution in [0.25, 0.3) is 0 Å². The van der Waals surface area contributed by atoms with E-state index in [1.165, 1.54) is 0 Å². The number of anilines is 1. The van der Waals surface area contributed by atoms with Crippen LogP contribution in [0.2, 0.25) is 10.0 Å². The normalized spacial score (nSPS) is 19.1. The molecule has 1 N–H and O–H groups in total. The maximum absolute atomic E-state index is 12.4. The minimum atomic E-state index is -1.11. The second-order valence-corrected chi connectivity index (χ2v) is 10.2. The maximum Gasteiger partial charge on any atom is 0.255 e.